The highest BCUT2D eigenvalue weighted by atomic mass is 79.9. The molecule has 1 amide bonds. The van der Waals surface area contributed by atoms with Crippen molar-refractivity contribution in [2.75, 3.05) is 18.2 Å². The molecule has 0 atom stereocenters. The predicted molar refractivity (Wildman–Crippen MR) is 76.4 cm³/mol. The van der Waals surface area contributed by atoms with Crippen LogP contribution < -0.4 is 15.8 Å². The van der Waals surface area contributed by atoms with Gasteiger partial charge in [0.15, 0.2) is 0 Å². The van der Waals surface area contributed by atoms with Crippen molar-refractivity contribution in [3.05, 3.63) is 34.1 Å². The summed E-state index contributed by atoms with van der Waals surface area (Å²) in [6.45, 7) is 1.87. The Kier molecular flexibility index (Phi) is 3.75. The second-order valence-electron chi connectivity index (χ2n) is 3.95. The van der Waals surface area contributed by atoms with E-state index in [-0.39, 0.29) is 11.6 Å². The molecule has 0 saturated heterocycles. The number of nitrogens with two attached hydrogens (primary N) is 1. The molecule has 1 aromatic carbocycles. The molecule has 0 spiro atoms. The van der Waals surface area contributed by atoms with Crippen molar-refractivity contribution in [1.29, 1.82) is 0 Å². The number of rotatable bonds is 3. The first-order chi connectivity index (χ1) is 9.02. The Balaban J connectivity index is 2.34. The highest BCUT2D eigenvalue weighted by molar-refractivity contribution is 9.10. The third-order valence-electron chi connectivity index (χ3n) is 2.62. The summed E-state index contributed by atoms with van der Waals surface area (Å²) in [5, 5.41) is 9.03. The van der Waals surface area contributed by atoms with E-state index in [2.05, 4.69) is 31.4 Å². The molecule has 2 rings (SSSR count). The number of aromatic nitrogens is 2. The summed E-state index contributed by atoms with van der Waals surface area (Å²) in [5.74, 6) is 0.206. The van der Waals surface area contributed by atoms with Crippen LogP contribution in [0.3, 0.4) is 0 Å². The lowest BCUT2D eigenvalue weighted by atomic mass is 10.1. The van der Waals surface area contributed by atoms with Gasteiger partial charge in [0.05, 0.1) is 24.7 Å². The maximum absolute atomic E-state index is 12.1. The van der Waals surface area contributed by atoms with Gasteiger partial charge in [0.2, 0.25) is 0 Å². The van der Waals surface area contributed by atoms with E-state index in [1.54, 1.807) is 13.2 Å². The zero-order valence-electron chi connectivity index (χ0n) is 10.5. The number of aromatic amines is 1. The van der Waals surface area contributed by atoms with E-state index in [0.717, 1.165) is 10.0 Å². The number of aryl methyl sites for hydroxylation is 1. The number of benzene rings is 1. The molecule has 0 radical (unpaired) electrons. The first kappa shape index (κ1) is 13.4. The number of H-pyrrole nitrogens is 1. The van der Waals surface area contributed by atoms with Gasteiger partial charge < -0.3 is 15.8 Å². The smallest absolute Gasteiger partial charge is 0.275 e. The third kappa shape index (κ3) is 2.70. The van der Waals surface area contributed by atoms with E-state index in [1.807, 2.05) is 13.0 Å². The number of nitrogens with zero attached hydrogens (tertiary/aromatic N) is 1. The number of hydrogen-bond acceptors (Lipinski definition) is 4. The highest BCUT2D eigenvalue weighted by Crippen LogP contribution is 2.32. The van der Waals surface area contributed by atoms with Gasteiger partial charge in [0, 0.05) is 4.47 Å². The monoisotopic (exact) mass is 324 g/mol. The molecule has 4 N–H and O–H groups in total. The van der Waals surface area contributed by atoms with Crippen LogP contribution in [-0.4, -0.2) is 23.2 Å². The molecular weight excluding hydrogens is 312 g/mol. The SMILES string of the molecule is COc1cc(Br)cc(C)c1NC(=O)c1[nH]ncc1N. The number of nitrogen functional groups attached to an aromatic ring is 1. The van der Waals surface area contributed by atoms with Gasteiger partial charge in [-0.15, -0.1) is 0 Å². The molecule has 1 aromatic heterocycles. The molecule has 1 heterocycles. The number of anilines is 2. The van der Waals surface area contributed by atoms with Gasteiger partial charge in [-0.25, -0.2) is 0 Å². The van der Waals surface area contributed by atoms with E-state index in [9.17, 15) is 4.79 Å². The molecule has 7 heteroatoms. The Bertz CT molecular complexity index is 624. The summed E-state index contributed by atoms with van der Waals surface area (Å²) in [7, 11) is 1.54. The predicted octanol–water partition coefficient (Wildman–Crippen LogP) is 2.32. The number of methoxy groups -OCH3 is 1. The van der Waals surface area contributed by atoms with Crippen LogP contribution in [-0.2, 0) is 0 Å². The van der Waals surface area contributed by atoms with Gasteiger partial charge >= 0.3 is 0 Å². The van der Waals surface area contributed by atoms with Crippen molar-refractivity contribution in [1.82, 2.24) is 10.2 Å². The molecule has 2 aromatic rings. The number of carbonyl (C=O) groups is 1. The summed E-state index contributed by atoms with van der Waals surface area (Å²) in [6, 6.07) is 3.66. The van der Waals surface area contributed by atoms with Crippen LogP contribution in [0.25, 0.3) is 0 Å². The molecule has 0 aliphatic heterocycles. The van der Waals surface area contributed by atoms with Crippen LogP contribution in [0.2, 0.25) is 0 Å². The second kappa shape index (κ2) is 5.31. The van der Waals surface area contributed by atoms with Crippen LogP contribution >= 0.6 is 15.9 Å². The number of carbonyl (C=O) groups excluding carboxylic acids is 1. The Morgan fingerprint density at radius 2 is 2.26 bits per heavy atom. The maximum Gasteiger partial charge on any atom is 0.275 e. The topological polar surface area (TPSA) is 93.0 Å². The van der Waals surface area contributed by atoms with Crippen LogP contribution in [0.1, 0.15) is 16.1 Å². The van der Waals surface area contributed by atoms with Crippen molar-refractivity contribution in [2.45, 2.75) is 6.92 Å². The molecule has 0 aliphatic rings. The number of nitrogens with one attached hydrogen (secondary N) is 2. The minimum Gasteiger partial charge on any atom is -0.495 e. The molecule has 0 unspecified atom stereocenters. The van der Waals surface area contributed by atoms with Crippen LogP contribution in [0.15, 0.2) is 22.8 Å². The number of ether oxygens (including phenoxy) is 1. The number of halogens is 1. The molecule has 19 heavy (non-hydrogen) atoms. The Morgan fingerprint density at radius 1 is 1.53 bits per heavy atom. The summed E-state index contributed by atoms with van der Waals surface area (Å²) in [4.78, 5) is 12.1. The summed E-state index contributed by atoms with van der Waals surface area (Å²) in [5.41, 5.74) is 7.63. The minimum atomic E-state index is -0.362. The first-order valence-electron chi connectivity index (χ1n) is 5.47. The quantitative estimate of drug-likeness (QED) is 0.807. The fourth-order valence-electron chi connectivity index (χ4n) is 1.69. The van der Waals surface area contributed by atoms with E-state index < -0.39 is 0 Å². The second-order valence-corrected chi connectivity index (χ2v) is 4.87. The average molecular weight is 325 g/mol. The van der Waals surface area contributed by atoms with Gasteiger partial charge in [0.25, 0.3) is 5.91 Å². The van der Waals surface area contributed by atoms with Crippen molar-refractivity contribution >= 4 is 33.2 Å². The van der Waals surface area contributed by atoms with Crippen molar-refractivity contribution in [3.63, 3.8) is 0 Å². The zero-order valence-corrected chi connectivity index (χ0v) is 12.0. The fourth-order valence-corrected chi connectivity index (χ4v) is 2.24. The largest absolute Gasteiger partial charge is 0.495 e. The Labute approximate surface area is 118 Å². The zero-order chi connectivity index (χ0) is 14.0. The molecule has 6 nitrogen and oxygen atoms in total. The van der Waals surface area contributed by atoms with Crippen LogP contribution in [0.5, 0.6) is 5.75 Å². The van der Waals surface area contributed by atoms with E-state index in [0.29, 0.717) is 17.1 Å². The lowest BCUT2D eigenvalue weighted by Crippen LogP contribution is -2.15. The summed E-state index contributed by atoms with van der Waals surface area (Å²) >= 11 is 3.38. The van der Waals surface area contributed by atoms with E-state index in [4.69, 9.17) is 10.5 Å². The standard InChI is InChI=1S/C12H13BrN4O2/c1-6-3-7(13)4-9(19-2)10(6)16-12(18)11-8(14)5-15-17-11/h3-5H,14H2,1-2H3,(H,15,17)(H,16,18). The normalized spacial score (nSPS) is 10.3. The van der Waals surface area contributed by atoms with Crippen LogP contribution in [0, 0.1) is 6.92 Å². The maximum atomic E-state index is 12.1. The minimum absolute atomic E-state index is 0.226. The van der Waals surface area contributed by atoms with Crippen molar-refractivity contribution < 1.29 is 9.53 Å². The van der Waals surface area contributed by atoms with E-state index in [1.165, 1.54) is 6.20 Å². The van der Waals surface area contributed by atoms with Gasteiger partial charge in [0.1, 0.15) is 11.4 Å². The summed E-state index contributed by atoms with van der Waals surface area (Å²) in [6.07, 6.45) is 1.39. The molecular formula is C12H13BrN4O2. The number of hydrogen-bond donors (Lipinski definition) is 3. The van der Waals surface area contributed by atoms with Gasteiger partial charge in [-0.3, -0.25) is 9.89 Å². The van der Waals surface area contributed by atoms with Gasteiger partial charge in [-0.1, -0.05) is 15.9 Å². The summed E-state index contributed by atoms with van der Waals surface area (Å²) < 4.78 is 6.13. The molecule has 0 saturated carbocycles. The highest BCUT2D eigenvalue weighted by Gasteiger charge is 2.16. The van der Waals surface area contributed by atoms with Crippen LogP contribution in [0.4, 0.5) is 11.4 Å². The molecule has 100 valence electrons. The van der Waals surface area contributed by atoms with Crippen molar-refractivity contribution in [2.24, 2.45) is 0 Å². The lowest BCUT2D eigenvalue weighted by Gasteiger charge is -2.13. The Morgan fingerprint density at radius 3 is 2.84 bits per heavy atom. The Hall–Kier alpha value is -2.02. The first-order valence-corrected chi connectivity index (χ1v) is 6.26. The van der Waals surface area contributed by atoms with Crippen molar-refractivity contribution in [3.8, 4) is 5.75 Å². The van der Waals surface area contributed by atoms with E-state index >= 15 is 0 Å². The average Bonchev–Trinajstić information content (AvgIpc) is 2.78. The molecule has 0 bridgehead atoms. The van der Waals surface area contributed by atoms with Gasteiger partial charge in [-0.05, 0) is 24.6 Å². The van der Waals surface area contributed by atoms with Gasteiger partial charge in [-0.2, -0.15) is 5.10 Å². The molecule has 0 fully saturated rings. The molecule has 0 aliphatic carbocycles. The lowest BCUT2D eigenvalue weighted by molar-refractivity contribution is 0.102. The number of amides is 1. The third-order valence-corrected chi connectivity index (χ3v) is 3.08. The fraction of sp³-hybridized carbons (Fsp3) is 0.167.